The molecule has 1 aliphatic rings. The van der Waals surface area contributed by atoms with Crippen molar-refractivity contribution in [2.24, 2.45) is 5.92 Å². The van der Waals surface area contributed by atoms with Crippen LogP contribution < -0.4 is 0 Å². The Morgan fingerprint density at radius 1 is 1.21 bits per heavy atom. The number of rotatable bonds is 2. The van der Waals surface area contributed by atoms with E-state index < -0.39 is 0 Å². The first-order chi connectivity index (χ1) is 8.81. The van der Waals surface area contributed by atoms with E-state index in [9.17, 15) is 4.79 Å². The Kier molecular flexibility index (Phi) is 3.71. The lowest BCUT2D eigenvalue weighted by molar-refractivity contribution is -0.159. The molecule has 1 atom stereocenters. The molecule has 19 heavy (non-hydrogen) atoms. The molecule has 2 heteroatoms. The first kappa shape index (κ1) is 14.1. The van der Waals surface area contributed by atoms with E-state index in [2.05, 4.69) is 26.0 Å². The van der Waals surface area contributed by atoms with Crippen LogP contribution in [0.1, 0.15) is 49.4 Å². The van der Waals surface area contributed by atoms with E-state index in [1.54, 1.807) is 0 Å². The summed E-state index contributed by atoms with van der Waals surface area (Å²) in [6.45, 7) is 9.94. The van der Waals surface area contributed by atoms with Crippen LogP contribution in [0, 0.1) is 19.8 Å². The highest BCUT2D eigenvalue weighted by atomic mass is 16.6. The zero-order valence-electron chi connectivity index (χ0n) is 12.7. The van der Waals surface area contributed by atoms with E-state index >= 15 is 0 Å². The molecule has 1 aromatic rings. The van der Waals surface area contributed by atoms with Gasteiger partial charge in [0.05, 0.1) is 0 Å². The lowest BCUT2D eigenvalue weighted by Crippen LogP contribution is -2.39. The summed E-state index contributed by atoms with van der Waals surface area (Å²) in [5.74, 6) is 0.223. The van der Waals surface area contributed by atoms with Crippen molar-refractivity contribution in [3.8, 4) is 0 Å². The average molecular weight is 260 g/mol. The van der Waals surface area contributed by atoms with Gasteiger partial charge in [0.15, 0.2) is 0 Å². The third kappa shape index (κ3) is 2.83. The number of aryl methyl sites for hydroxylation is 2. The minimum absolute atomic E-state index is 0.184. The number of fused-ring (bicyclic) bond motifs is 1. The van der Waals surface area contributed by atoms with Gasteiger partial charge >= 0.3 is 5.97 Å². The Morgan fingerprint density at radius 2 is 1.79 bits per heavy atom. The van der Waals surface area contributed by atoms with Crippen LogP contribution >= 0.6 is 0 Å². The second-order valence-corrected chi connectivity index (χ2v) is 6.29. The Labute approximate surface area is 116 Å². The Balaban J connectivity index is 2.27. The molecule has 0 unspecified atom stereocenters. The summed E-state index contributed by atoms with van der Waals surface area (Å²) in [5.41, 5.74) is 5.36. The number of benzene rings is 1. The number of ether oxygens (including phenoxy) is 1. The summed E-state index contributed by atoms with van der Waals surface area (Å²) >= 11 is 0. The van der Waals surface area contributed by atoms with Crippen LogP contribution in [0.3, 0.4) is 0 Å². The predicted octanol–water partition coefficient (Wildman–Crippen LogP) is 3.75. The lowest BCUT2D eigenvalue weighted by atomic mass is 9.74. The van der Waals surface area contributed by atoms with Crippen molar-refractivity contribution in [2.75, 3.05) is 0 Å². The highest BCUT2D eigenvalue weighted by Crippen LogP contribution is 2.37. The van der Waals surface area contributed by atoms with E-state index in [-0.39, 0.29) is 11.6 Å². The molecule has 2 rings (SSSR count). The summed E-state index contributed by atoms with van der Waals surface area (Å²) in [7, 11) is 0. The van der Waals surface area contributed by atoms with E-state index in [4.69, 9.17) is 4.74 Å². The highest BCUT2D eigenvalue weighted by Gasteiger charge is 2.35. The summed E-state index contributed by atoms with van der Waals surface area (Å²) in [6.07, 6.45) is 3.21. The maximum absolute atomic E-state index is 11.2. The molecule has 0 radical (unpaired) electrons. The molecular weight excluding hydrogens is 236 g/mol. The Morgan fingerprint density at radius 3 is 2.37 bits per heavy atom. The zero-order valence-corrected chi connectivity index (χ0v) is 12.7. The third-order valence-electron chi connectivity index (χ3n) is 4.48. The van der Waals surface area contributed by atoms with Gasteiger partial charge in [-0.2, -0.15) is 0 Å². The fraction of sp³-hybridized carbons (Fsp3) is 0.588. The number of carbonyl (C=O) groups excluding carboxylic acids is 1. The van der Waals surface area contributed by atoms with Gasteiger partial charge in [0.1, 0.15) is 5.60 Å². The molecule has 0 saturated carbocycles. The highest BCUT2D eigenvalue weighted by molar-refractivity contribution is 5.66. The van der Waals surface area contributed by atoms with Crippen LogP contribution in [-0.4, -0.2) is 11.6 Å². The van der Waals surface area contributed by atoms with E-state index in [1.807, 2.05) is 13.8 Å². The first-order valence-electron chi connectivity index (χ1n) is 7.09. The standard InChI is InChI=1S/C17H24O2/c1-11-6-7-12(2)16-10-14(8-9-15(11)16)17(4,5)19-13(3)18/h6-7,14H,8-10H2,1-5H3/t14-/m1/s1. The average Bonchev–Trinajstić information content (AvgIpc) is 2.32. The van der Waals surface area contributed by atoms with Crippen LogP contribution in [-0.2, 0) is 22.4 Å². The molecule has 0 saturated heterocycles. The Bertz CT molecular complexity index is 500. The van der Waals surface area contributed by atoms with Crippen molar-refractivity contribution in [1.82, 2.24) is 0 Å². The first-order valence-corrected chi connectivity index (χ1v) is 7.09. The topological polar surface area (TPSA) is 26.3 Å². The molecule has 0 aliphatic heterocycles. The smallest absolute Gasteiger partial charge is 0.303 e. The molecule has 1 aliphatic carbocycles. The van der Waals surface area contributed by atoms with Gasteiger partial charge in [-0.3, -0.25) is 4.79 Å². The van der Waals surface area contributed by atoms with Crippen LogP contribution in [0.15, 0.2) is 12.1 Å². The monoisotopic (exact) mass is 260 g/mol. The van der Waals surface area contributed by atoms with E-state index in [1.165, 1.54) is 29.2 Å². The zero-order chi connectivity index (χ0) is 14.2. The number of esters is 1. The van der Waals surface area contributed by atoms with Gasteiger partial charge in [0.2, 0.25) is 0 Å². The summed E-state index contributed by atoms with van der Waals surface area (Å²) in [6, 6.07) is 4.42. The molecule has 0 heterocycles. The van der Waals surface area contributed by atoms with Gasteiger partial charge in [-0.15, -0.1) is 0 Å². The molecule has 2 nitrogen and oxygen atoms in total. The second kappa shape index (κ2) is 4.99. The largest absolute Gasteiger partial charge is 0.460 e. The maximum atomic E-state index is 11.2. The molecule has 104 valence electrons. The molecule has 0 aromatic heterocycles. The van der Waals surface area contributed by atoms with Gasteiger partial charge < -0.3 is 4.74 Å². The minimum Gasteiger partial charge on any atom is -0.460 e. The molecule has 0 fully saturated rings. The minimum atomic E-state index is -0.375. The van der Waals surface area contributed by atoms with Crippen LogP contribution in [0.2, 0.25) is 0 Å². The Hall–Kier alpha value is -1.31. The summed E-state index contributed by atoms with van der Waals surface area (Å²) < 4.78 is 5.52. The van der Waals surface area contributed by atoms with Crippen LogP contribution in [0.25, 0.3) is 0 Å². The molecule has 0 amide bonds. The lowest BCUT2D eigenvalue weighted by Gasteiger charge is -2.38. The van der Waals surface area contributed by atoms with Crippen molar-refractivity contribution < 1.29 is 9.53 Å². The normalized spacial score (nSPS) is 18.9. The molecule has 0 spiro atoms. The van der Waals surface area contributed by atoms with Crippen LogP contribution in [0.4, 0.5) is 0 Å². The van der Waals surface area contributed by atoms with Gasteiger partial charge in [-0.05, 0) is 69.2 Å². The van der Waals surface area contributed by atoms with Crippen LogP contribution in [0.5, 0.6) is 0 Å². The molecule has 0 N–H and O–H groups in total. The number of hydrogen-bond donors (Lipinski definition) is 0. The fourth-order valence-electron chi connectivity index (χ4n) is 3.27. The van der Waals surface area contributed by atoms with E-state index in [0.717, 1.165) is 19.3 Å². The van der Waals surface area contributed by atoms with Crippen molar-refractivity contribution in [3.05, 3.63) is 34.4 Å². The molecule has 0 bridgehead atoms. The quantitative estimate of drug-likeness (QED) is 0.757. The second-order valence-electron chi connectivity index (χ2n) is 6.29. The summed E-state index contributed by atoms with van der Waals surface area (Å²) in [4.78, 5) is 11.2. The van der Waals surface area contributed by atoms with Crippen molar-refractivity contribution in [1.29, 1.82) is 0 Å². The van der Waals surface area contributed by atoms with Gasteiger partial charge in [-0.1, -0.05) is 12.1 Å². The van der Waals surface area contributed by atoms with Gasteiger partial charge in [-0.25, -0.2) is 0 Å². The van der Waals surface area contributed by atoms with Crippen molar-refractivity contribution in [2.45, 2.75) is 59.5 Å². The van der Waals surface area contributed by atoms with Crippen molar-refractivity contribution >= 4 is 5.97 Å². The predicted molar refractivity (Wildman–Crippen MR) is 77.3 cm³/mol. The van der Waals surface area contributed by atoms with Gasteiger partial charge in [0, 0.05) is 12.8 Å². The third-order valence-corrected chi connectivity index (χ3v) is 4.48. The molecule has 1 aromatic carbocycles. The fourth-order valence-corrected chi connectivity index (χ4v) is 3.27. The van der Waals surface area contributed by atoms with Gasteiger partial charge in [0.25, 0.3) is 0 Å². The molecular formula is C17H24O2. The summed E-state index contributed by atoms with van der Waals surface area (Å²) in [5, 5.41) is 0. The SMILES string of the molecule is CC(=O)OC(C)(C)[C@@H]1CCc2c(C)ccc(C)c2C1. The number of carbonyl (C=O) groups is 1. The van der Waals surface area contributed by atoms with E-state index in [0.29, 0.717) is 5.92 Å². The van der Waals surface area contributed by atoms with Crippen molar-refractivity contribution in [3.63, 3.8) is 0 Å². The maximum Gasteiger partial charge on any atom is 0.303 e. The number of hydrogen-bond acceptors (Lipinski definition) is 2.